The largest absolute Gasteiger partial charge is 0.257 e. The molecule has 2 heteroatoms. The van der Waals surface area contributed by atoms with E-state index >= 15 is 0 Å². The predicted molar refractivity (Wildman–Crippen MR) is 152 cm³/mol. The van der Waals surface area contributed by atoms with Crippen LogP contribution in [0.2, 0.25) is 0 Å². The van der Waals surface area contributed by atoms with Gasteiger partial charge in [-0.15, -0.1) is 0 Å². The van der Waals surface area contributed by atoms with Crippen molar-refractivity contribution < 1.29 is 4.57 Å². The Bertz CT molecular complexity index is 521. The van der Waals surface area contributed by atoms with E-state index in [1.165, 1.54) is 160 Å². The minimum Gasteiger partial charge on any atom is -0.247 e. The lowest BCUT2D eigenvalue weighted by atomic mass is 9.93. The van der Waals surface area contributed by atoms with Gasteiger partial charge in [-0.05, 0) is 19.3 Å². The molecule has 0 bridgehead atoms. The minimum atomic E-state index is 0.731. The van der Waals surface area contributed by atoms with Crippen molar-refractivity contribution in [3.63, 3.8) is 0 Å². The van der Waals surface area contributed by atoms with Crippen molar-refractivity contribution in [2.24, 2.45) is 0 Å². The first-order valence-electron chi connectivity index (χ1n) is 15.9. The lowest BCUT2D eigenvalue weighted by molar-refractivity contribution is -0.704. The fourth-order valence-corrected chi connectivity index (χ4v) is 5.51. The van der Waals surface area contributed by atoms with Gasteiger partial charge in [0.05, 0.1) is 12.5 Å². The zero-order valence-electron chi connectivity index (χ0n) is 23.9. The van der Waals surface area contributed by atoms with Gasteiger partial charge in [-0.3, -0.25) is 0 Å². The molecule has 1 aromatic rings. The van der Waals surface area contributed by atoms with Crippen LogP contribution in [0.15, 0.2) is 12.4 Å². The summed E-state index contributed by atoms with van der Waals surface area (Å²) in [6.45, 7) is 8.07. The van der Waals surface area contributed by atoms with E-state index in [1.807, 2.05) is 0 Å². The molecule has 0 aliphatic heterocycles. The van der Waals surface area contributed by atoms with Crippen LogP contribution < -0.4 is 4.57 Å². The van der Waals surface area contributed by atoms with Crippen LogP contribution >= 0.6 is 0 Å². The maximum absolute atomic E-state index is 3.63. The Morgan fingerprint density at radius 2 is 0.912 bits per heavy atom. The fraction of sp³-hybridized carbons (Fsp3) is 0.906. The average molecular weight is 476 g/mol. The number of unbranched alkanes of at least 4 members (excludes halogenated alkanes) is 19. The van der Waals surface area contributed by atoms with E-state index in [9.17, 15) is 0 Å². The van der Waals surface area contributed by atoms with E-state index in [4.69, 9.17) is 0 Å². The van der Waals surface area contributed by atoms with Gasteiger partial charge >= 0.3 is 0 Å². The van der Waals surface area contributed by atoms with Crippen molar-refractivity contribution in [3.8, 4) is 0 Å². The summed E-state index contributed by atoms with van der Waals surface area (Å²) in [6.07, 6.45) is 38.6. The van der Waals surface area contributed by atoms with Gasteiger partial charge in [0.1, 0.15) is 12.4 Å². The second-order valence-corrected chi connectivity index (χ2v) is 11.0. The number of aryl methyl sites for hydroxylation is 1. The van der Waals surface area contributed by atoms with Gasteiger partial charge in [0.25, 0.3) is 5.82 Å². The number of nitrogens with one attached hydrogen (secondary N) is 1. The van der Waals surface area contributed by atoms with Crippen LogP contribution in [0.5, 0.6) is 0 Å². The van der Waals surface area contributed by atoms with Crippen LogP contribution in [0.4, 0.5) is 0 Å². The third-order valence-corrected chi connectivity index (χ3v) is 7.71. The Morgan fingerprint density at radius 1 is 0.529 bits per heavy atom. The molecule has 34 heavy (non-hydrogen) atoms. The van der Waals surface area contributed by atoms with Crippen LogP contribution in [-0.2, 0) is 6.54 Å². The standard InChI is InChI=1S/C32H62N2/c1-4-7-9-11-13-15-16-17-18-19-21-23-25-27-31(32-33-28-30-34(32)29-6-3)26-24-22-20-14-12-10-8-5-2/h28,30-31H,4-27,29H2,1-3H3/p+1/t31-/m0/s1. The molecule has 200 valence electrons. The third kappa shape index (κ3) is 16.8. The van der Waals surface area contributed by atoms with Crippen LogP contribution in [0.3, 0.4) is 0 Å². The van der Waals surface area contributed by atoms with Crippen LogP contribution in [0.25, 0.3) is 0 Å². The number of rotatable bonds is 26. The van der Waals surface area contributed by atoms with Crippen molar-refractivity contribution in [2.75, 3.05) is 0 Å². The molecule has 0 aromatic carbocycles. The number of hydrogen-bond donors (Lipinski definition) is 1. The van der Waals surface area contributed by atoms with Gasteiger partial charge in [-0.2, -0.15) is 0 Å². The molecule has 0 saturated carbocycles. The van der Waals surface area contributed by atoms with E-state index in [-0.39, 0.29) is 0 Å². The molecule has 2 nitrogen and oxygen atoms in total. The van der Waals surface area contributed by atoms with Crippen LogP contribution in [-0.4, -0.2) is 4.98 Å². The lowest BCUT2D eigenvalue weighted by Gasteiger charge is -2.14. The van der Waals surface area contributed by atoms with E-state index in [1.54, 1.807) is 0 Å². The number of nitrogens with zero attached hydrogens (tertiary/aromatic N) is 1. The maximum Gasteiger partial charge on any atom is 0.257 e. The highest BCUT2D eigenvalue weighted by molar-refractivity contribution is 4.90. The molecule has 1 rings (SSSR count). The smallest absolute Gasteiger partial charge is 0.247 e. The second-order valence-electron chi connectivity index (χ2n) is 11.0. The zero-order valence-corrected chi connectivity index (χ0v) is 23.9. The van der Waals surface area contributed by atoms with Gasteiger partial charge < -0.3 is 0 Å². The fourth-order valence-electron chi connectivity index (χ4n) is 5.51. The first kappa shape index (κ1) is 31.2. The Morgan fingerprint density at radius 3 is 1.29 bits per heavy atom. The molecule has 0 saturated heterocycles. The van der Waals surface area contributed by atoms with Crippen molar-refractivity contribution >= 4 is 0 Å². The van der Waals surface area contributed by atoms with Gasteiger partial charge in [-0.1, -0.05) is 156 Å². The van der Waals surface area contributed by atoms with Gasteiger partial charge in [0.2, 0.25) is 0 Å². The van der Waals surface area contributed by atoms with Crippen LogP contribution in [0, 0.1) is 0 Å². The molecular weight excluding hydrogens is 412 g/mol. The van der Waals surface area contributed by atoms with E-state index in [2.05, 4.69) is 42.7 Å². The lowest BCUT2D eigenvalue weighted by Crippen LogP contribution is -2.37. The van der Waals surface area contributed by atoms with Crippen LogP contribution in [0.1, 0.15) is 187 Å². The summed E-state index contributed by atoms with van der Waals surface area (Å²) in [5.41, 5.74) is 0. The molecule has 0 spiro atoms. The highest BCUT2D eigenvalue weighted by Gasteiger charge is 2.22. The molecule has 0 unspecified atom stereocenters. The normalized spacial score (nSPS) is 12.4. The molecule has 0 amide bonds. The maximum atomic E-state index is 3.63. The second kappa shape index (κ2) is 23.9. The molecular formula is C32H63N2+. The third-order valence-electron chi connectivity index (χ3n) is 7.71. The Labute approximate surface area is 215 Å². The van der Waals surface area contributed by atoms with Crippen molar-refractivity contribution in [2.45, 2.75) is 187 Å². The molecule has 0 aliphatic carbocycles. The molecule has 1 aromatic heterocycles. The van der Waals surface area contributed by atoms with E-state index < -0.39 is 0 Å². The molecule has 0 radical (unpaired) electrons. The molecule has 0 fully saturated rings. The first-order chi connectivity index (χ1) is 16.8. The minimum absolute atomic E-state index is 0.731. The quantitative estimate of drug-likeness (QED) is 0.101. The summed E-state index contributed by atoms with van der Waals surface area (Å²) in [6, 6.07) is 0. The number of H-pyrrole nitrogens is 1. The van der Waals surface area contributed by atoms with Gasteiger partial charge in [0.15, 0.2) is 0 Å². The Kier molecular flexibility index (Phi) is 22.0. The average Bonchev–Trinajstić information content (AvgIpc) is 3.30. The Balaban J connectivity index is 2.18. The predicted octanol–water partition coefficient (Wildman–Crippen LogP) is 10.8. The molecule has 1 heterocycles. The highest BCUT2D eigenvalue weighted by Crippen LogP contribution is 2.26. The molecule has 0 aliphatic rings. The zero-order chi connectivity index (χ0) is 24.5. The summed E-state index contributed by atoms with van der Waals surface area (Å²) in [5.74, 6) is 2.23. The number of hydrogen-bond acceptors (Lipinski definition) is 0. The number of aromatic nitrogens is 2. The SMILES string of the molecule is CCCCCCCCCCCCCCC[C@H](CCCCCCCCCC)c1[nH]cc[n+]1CCC. The van der Waals surface area contributed by atoms with Crippen molar-refractivity contribution in [1.82, 2.24) is 4.98 Å². The van der Waals surface area contributed by atoms with Crippen molar-refractivity contribution in [1.29, 1.82) is 0 Å². The summed E-state index contributed by atoms with van der Waals surface area (Å²) in [7, 11) is 0. The summed E-state index contributed by atoms with van der Waals surface area (Å²) in [4.78, 5) is 3.63. The van der Waals surface area contributed by atoms with Gasteiger partial charge in [-0.25, -0.2) is 9.55 Å². The summed E-state index contributed by atoms with van der Waals surface area (Å²) < 4.78 is 2.50. The monoisotopic (exact) mass is 475 g/mol. The van der Waals surface area contributed by atoms with Gasteiger partial charge in [0, 0.05) is 0 Å². The van der Waals surface area contributed by atoms with E-state index in [0.29, 0.717) is 0 Å². The topological polar surface area (TPSA) is 19.7 Å². The molecule has 1 N–H and O–H groups in total. The number of aromatic amines is 1. The van der Waals surface area contributed by atoms with E-state index in [0.717, 1.165) is 12.5 Å². The summed E-state index contributed by atoms with van der Waals surface area (Å²) >= 11 is 0. The summed E-state index contributed by atoms with van der Waals surface area (Å²) in [5, 5.41) is 0. The van der Waals surface area contributed by atoms with Crippen molar-refractivity contribution in [3.05, 3.63) is 18.2 Å². The number of imidazole rings is 1. The Hall–Kier alpha value is -0.790. The molecule has 1 atom stereocenters. The first-order valence-corrected chi connectivity index (χ1v) is 15.9. The highest BCUT2D eigenvalue weighted by atomic mass is 15.1.